The van der Waals surface area contributed by atoms with Crippen LogP contribution in [-0.4, -0.2) is 38.3 Å². The first kappa shape index (κ1) is 24.1. The maximum atomic E-state index is 14.8. The summed E-state index contributed by atoms with van der Waals surface area (Å²) in [6.07, 6.45) is 0.0743. The number of amides is 2. The molecule has 6 rings (SSSR count). The van der Waals surface area contributed by atoms with Gasteiger partial charge in [0.2, 0.25) is 6.17 Å². The van der Waals surface area contributed by atoms with Gasteiger partial charge in [0, 0.05) is 28.6 Å². The van der Waals surface area contributed by atoms with Gasteiger partial charge in [-0.25, -0.2) is 23.3 Å². The third kappa shape index (κ3) is 4.21. The first-order valence-corrected chi connectivity index (χ1v) is 12.1. The molecule has 0 spiro atoms. The van der Waals surface area contributed by atoms with Gasteiger partial charge in [-0.15, -0.1) is 0 Å². The lowest BCUT2D eigenvalue weighted by Gasteiger charge is -2.14. The number of benzodiazepines with no additional fused rings is 1. The molecule has 0 fully saturated rings. The number of hydrogen-bond donors (Lipinski definition) is 2. The highest BCUT2D eigenvalue weighted by atomic mass is 19.1. The standard InChI is InChI=1S/C29H20F2N6O2/c1-16-14-15-32-27-22(25(36-37(16)27)18-10-5-6-12-20(18)30)28(38)35-26-29(39)34-24-19(11-7-13-21(24)31)23(33-26)17-8-3-2-4-9-17/h2-15,26H,1H3,(H,34,39)(H,35,38)/t26-/m1/s1. The second-order valence-corrected chi connectivity index (χ2v) is 8.90. The summed E-state index contributed by atoms with van der Waals surface area (Å²) in [6, 6.07) is 21.0. The van der Waals surface area contributed by atoms with Crippen molar-refractivity contribution in [2.24, 2.45) is 4.99 Å². The molecule has 2 amide bonds. The molecule has 8 nitrogen and oxygen atoms in total. The second kappa shape index (κ2) is 9.56. The molecule has 1 atom stereocenters. The van der Waals surface area contributed by atoms with E-state index in [1.165, 1.54) is 41.0 Å². The maximum Gasteiger partial charge on any atom is 0.269 e. The number of aryl methyl sites for hydroxylation is 1. The molecule has 1 aliphatic rings. The fourth-order valence-electron chi connectivity index (χ4n) is 4.53. The van der Waals surface area contributed by atoms with E-state index in [9.17, 15) is 18.4 Å². The zero-order valence-electron chi connectivity index (χ0n) is 20.5. The van der Waals surface area contributed by atoms with E-state index in [1.807, 2.05) is 6.07 Å². The van der Waals surface area contributed by atoms with E-state index in [1.54, 1.807) is 49.4 Å². The van der Waals surface area contributed by atoms with Crippen molar-refractivity contribution in [1.82, 2.24) is 19.9 Å². The fourth-order valence-corrected chi connectivity index (χ4v) is 4.53. The SMILES string of the molecule is Cc1ccnc2c(C(=O)N[C@H]3N=C(c4ccccc4)c4cccc(F)c4NC3=O)c(-c3ccccc3F)nn12. The van der Waals surface area contributed by atoms with E-state index in [0.29, 0.717) is 22.5 Å². The van der Waals surface area contributed by atoms with Gasteiger partial charge in [-0.05, 0) is 31.2 Å². The Labute approximate surface area is 221 Å². The van der Waals surface area contributed by atoms with Crippen molar-refractivity contribution >= 4 is 28.9 Å². The summed E-state index contributed by atoms with van der Waals surface area (Å²) in [5, 5.41) is 9.65. The third-order valence-electron chi connectivity index (χ3n) is 6.40. The van der Waals surface area contributed by atoms with E-state index >= 15 is 0 Å². The Morgan fingerprint density at radius 1 is 0.923 bits per heavy atom. The molecule has 1 aliphatic heterocycles. The van der Waals surface area contributed by atoms with E-state index in [-0.39, 0.29) is 28.2 Å². The van der Waals surface area contributed by atoms with Crippen molar-refractivity contribution in [1.29, 1.82) is 0 Å². The number of rotatable bonds is 4. The number of fused-ring (bicyclic) bond motifs is 2. The Hall–Kier alpha value is -5.25. The first-order valence-electron chi connectivity index (χ1n) is 12.1. The van der Waals surface area contributed by atoms with Gasteiger partial charge in [0.25, 0.3) is 11.8 Å². The predicted octanol–water partition coefficient (Wildman–Crippen LogP) is 4.53. The van der Waals surface area contributed by atoms with Gasteiger partial charge in [0.05, 0.1) is 11.4 Å². The van der Waals surface area contributed by atoms with E-state index < -0.39 is 29.6 Å². The lowest BCUT2D eigenvalue weighted by Crippen LogP contribution is -2.42. The summed E-state index contributed by atoms with van der Waals surface area (Å²) in [7, 11) is 0. The highest BCUT2D eigenvalue weighted by Gasteiger charge is 2.32. The molecule has 3 heterocycles. The van der Waals surface area contributed by atoms with E-state index in [2.05, 4.69) is 25.7 Å². The van der Waals surface area contributed by atoms with Crippen LogP contribution in [0.2, 0.25) is 0 Å². The van der Waals surface area contributed by atoms with Gasteiger partial charge in [-0.3, -0.25) is 9.59 Å². The molecule has 0 radical (unpaired) electrons. The summed E-state index contributed by atoms with van der Waals surface area (Å²) >= 11 is 0. The number of aromatic nitrogens is 3. The lowest BCUT2D eigenvalue weighted by atomic mass is 10.0. The Balaban J connectivity index is 1.48. The minimum atomic E-state index is -1.44. The summed E-state index contributed by atoms with van der Waals surface area (Å²) in [5.74, 6) is -2.70. The number of nitrogens with zero attached hydrogens (tertiary/aromatic N) is 4. The third-order valence-corrected chi connectivity index (χ3v) is 6.40. The summed E-state index contributed by atoms with van der Waals surface area (Å²) < 4.78 is 31.1. The molecular formula is C29H20F2N6O2. The van der Waals surface area contributed by atoms with Crippen LogP contribution in [0.1, 0.15) is 27.2 Å². The average molecular weight is 523 g/mol. The minimum Gasteiger partial charge on any atom is -0.322 e. The summed E-state index contributed by atoms with van der Waals surface area (Å²) in [4.78, 5) is 35.9. The zero-order valence-corrected chi connectivity index (χ0v) is 20.5. The van der Waals surface area contributed by atoms with E-state index in [0.717, 1.165) is 0 Å². The quantitative estimate of drug-likeness (QED) is 0.362. The van der Waals surface area contributed by atoms with Crippen molar-refractivity contribution in [3.63, 3.8) is 0 Å². The Morgan fingerprint density at radius 3 is 2.44 bits per heavy atom. The predicted molar refractivity (Wildman–Crippen MR) is 141 cm³/mol. The molecule has 0 saturated carbocycles. The Kier molecular flexibility index (Phi) is 5.91. The van der Waals surface area contributed by atoms with Gasteiger partial charge in [-0.1, -0.05) is 54.6 Å². The number of para-hydroxylation sites is 1. The Morgan fingerprint density at radius 2 is 1.64 bits per heavy atom. The maximum absolute atomic E-state index is 14.8. The minimum absolute atomic E-state index is 0.0268. The highest BCUT2D eigenvalue weighted by Crippen LogP contribution is 2.29. The Bertz CT molecular complexity index is 1800. The smallest absolute Gasteiger partial charge is 0.269 e. The van der Waals surface area contributed by atoms with Crippen molar-refractivity contribution in [3.8, 4) is 11.3 Å². The number of nitrogens with one attached hydrogen (secondary N) is 2. The van der Waals surface area contributed by atoms with Crippen LogP contribution in [0.25, 0.3) is 16.9 Å². The van der Waals surface area contributed by atoms with Crippen molar-refractivity contribution in [2.75, 3.05) is 5.32 Å². The largest absolute Gasteiger partial charge is 0.322 e. The van der Waals surface area contributed by atoms with Gasteiger partial charge in [-0.2, -0.15) is 5.10 Å². The van der Waals surface area contributed by atoms with Crippen molar-refractivity contribution < 1.29 is 18.4 Å². The molecule has 39 heavy (non-hydrogen) atoms. The number of carbonyl (C=O) groups excluding carboxylic acids is 2. The lowest BCUT2D eigenvalue weighted by molar-refractivity contribution is -0.117. The molecule has 5 aromatic rings. The molecule has 0 saturated heterocycles. The van der Waals surface area contributed by atoms with Crippen LogP contribution in [0.4, 0.5) is 14.5 Å². The monoisotopic (exact) mass is 522 g/mol. The summed E-state index contributed by atoms with van der Waals surface area (Å²) in [6.45, 7) is 1.77. The zero-order chi connectivity index (χ0) is 27.1. The number of anilines is 1. The topological polar surface area (TPSA) is 101 Å². The molecule has 3 aromatic carbocycles. The molecule has 0 unspecified atom stereocenters. The number of halogens is 2. The molecule has 192 valence electrons. The van der Waals surface area contributed by atoms with Crippen LogP contribution in [-0.2, 0) is 4.79 Å². The fraction of sp³-hybridized carbons (Fsp3) is 0.0690. The van der Waals surface area contributed by atoms with Gasteiger partial charge < -0.3 is 10.6 Å². The van der Waals surface area contributed by atoms with Gasteiger partial charge in [0.15, 0.2) is 5.65 Å². The summed E-state index contributed by atoms with van der Waals surface area (Å²) in [5.41, 5.74) is 2.25. The number of hydrogen-bond acceptors (Lipinski definition) is 5. The molecule has 2 aromatic heterocycles. The first-order chi connectivity index (χ1) is 18.9. The van der Waals surface area contributed by atoms with Crippen LogP contribution in [0, 0.1) is 18.6 Å². The molecule has 0 aliphatic carbocycles. The molecule has 2 N–H and O–H groups in total. The van der Waals surface area contributed by atoms with Crippen LogP contribution in [0.15, 0.2) is 90.1 Å². The van der Waals surface area contributed by atoms with Crippen LogP contribution >= 0.6 is 0 Å². The molecular weight excluding hydrogens is 502 g/mol. The number of benzene rings is 3. The highest BCUT2D eigenvalue weighted by molar-refractivity contribution is 6.20. The normalized spacial score (nSPS) is 14.8. The number of aliphatic imine (C=N–C) groups is 1. The van der Waals surface area contributed by atoms with Gasteiger partial charge >= 0.3 is 0 Å². The van der Waals surface area contributed by atoms with Crippen LogP contribution < -0.4 is 10.6 Å². The van der Waals surface area contributed by atoms with E-state index in [4.69, 9.17) is 0 Å². The van der Waals surface area contributed by atoms with Gasteiger partial charge in [0.1, 0.15) is 22.9 Å². The second-order valence-electron chi connectivity index (χ2n) is 8.90. The number of carbonyl (C=O) groups is 2. The van der Waals surface area contributed by atoms with Crippen molar-refractivity contribution in [3.05, 3.63) is 119 Å². The van der Waals surface area contributed by atoms with Crippen molar-refractivity contribution in [2.45, 2.75) is 13.1 Å². The van der Waals surface area contributed by atoms with Crippen LogP contribution in [0.3, 0.4) is 0 Å². The van der Waals surface area contributed by atoms with Crippen LogP contribution in [0.5, 0.6) is 0 Å². The average Bonchev–Trinajstić information content (AvgIpc) is 3.27. The molecule has 0 bridgehead atoms. The molecule has 10 heteroatoms.